The normalized spacial score (nSPS) is 24.0. The third kappa shape index (κ3) is 1.17. The lowest BCUT2D eigenvalue weighted by molar-refractivity contribution is 0.0752. The average molecular weight is 120 g/mol. The second-order valence-electron chi connectivity index (χ2n) is 2.53. The summed E-state index contributed by atoms with van der Waals surface area (Å²) in [5, 5.41) is 0. The standard InChI is InChI=1S/C6H10F2/c1-4(6(7)8)5-2-3-5/h4-6H,2-3H2,1H3/t4-/m0/s1. The lowest BCUT2D eigenvalue weighted by atomic mass is 10.1. The van der Waals surface area contributed by atoms with Crippen LogP contribution in [-0.4, -0.2) is 6.43 Å². The zero-order chi connectivity index (χ0) is 6.15. The van der Waals surface area contributed by atoms with Gasteiger partial charge in [0.2, 0.25) is 6.43 Å². The van der Waals surface area contributed by atoms with Crippen molar-refractivity contribution in [1.82, 2.24) is 0 Å². The predicted molar refractivity (Wildman–Crippen MR) is 27.9 cm³/mol. The highest BCUT2D eigenvalue weighted by Gasteiger charge is 2.33. The highest BCUT2D eigenvalue weighted by Crippen LogP contribution is 2.39. The minimum atomic E-state index is -2.09. The van der Waals surface area contributed by atoms with E-state index in [4.69, 9.17) is 0 Å². The first-order valence-electron chi connectivity index (χ1n) is 3.00. The molecule has 8 heavy (non-hydrogen) atoms. The number of hydrogen-bond acceptors (Lipinski definition) is 0. The van der Waals surface area contributed by atoms with Crippen molar-refractivity contribution in [3.63, 3.8) is 0 Å². The summed E-state index contributed by atoms with van der Waals surface area (Å²) >= 11 is 0. The molecule has 0 heterocycles. The zero-order valence-electron chi connectivity index (χ0n) is 4.90. The fourth-order valence-electron chi connectivity index (χ4n) is 0.828. The van der Waals surface area contributed by atoms with E-state index in [1.54, 1.807) is 6.92 Å². The van der Waals surface area contributed by atoms with E-state index in [2.05, 4.69) is 0 Å². The summed E-state index contributed by atoms with van der Waals surface area (Å²) in [6.07, 6.45) is -0.0562. The molecule has 0 spiro atoms. The van der Waals surface area contributed by atoms with Gasteiger partial charge in [-0.1, -0.05) is 6.92 Å². The molecule has 1 aliphatic rings. The van der Waals surface area contributed by atoms with Crippen molar-refractivity contribution >= 4 is 0 Å². The molecule has 0 aromatic heterocycles. The van der Waals surface area contributed by atoms with Gasteiger partial charge in [-0.2, -0.15) is 0 Å². The molecule has 0 aromatic rings. The molecular formula is C6H10F2. The molecular weight excluding hydrogens is 110 g/mol. The van der Waals surface area contributed by atoms with E-state index in [-0.39, 0.29) is 5.92 Å². The van der Waals surface area contributed by atoms with Crippen LogP contribution in [0.15, 0.2) is 0 Å². The van der Waals surface area contributed by atoms with Crippen LogP contribution in [0.2, 0.25) is 0 Å². The molecule has 1 rings (SSSR count). The fourth-order valence-corrected chi connectivity index (χ4v) is 0.828. The second kappa shape index (κ2) is 2.00. The van der Waals surface area contributed by atoms with Crippen LogP contribution in [0, 0.1) is 11.8 Å². The maximum absolute atomic E-state index is 11.7. The molecule has 1 saturated carbocycles. The Morgan fingerprint density at radius 3 is 2.00 bits per heavy atom. The van der Waals surface area contributed by atoms with Gasteiger partial charge >= 0.3 is 0 Å². The Hall–Kier alpha value is -0.140. The van der Waals surface area contributed by atoms with Gasteiger partial charge in [0.1, 0.15) is 0 Å². The fraction of sp³-hybridized carbons (Fsp3) is 1.00. The number of alkyl halides is 2. The summed E-state index contributed by atoms with van der Waals surface area (Å²) < 4.78 is 23.4. The Labute approximate surface area is 47.9 Å². The van der Waals surface area contributed by atoms with Crippen LogP contribution in [0.4, 0.5) is 8.78 Å². The molecule has 0 nitrogen and oxygen atoms in total. The van der Waals surface area contributed by atoms with E-state index in [1.807, 2.05) is 0 Å². The topological polar surface area (TPSA) is 0 Å². The third-order valence-corrected chi connectivity index (χ3v) is 1.76. The van der Waals surface area contributed by atoms with E-state index >= 15 is 0 Å². The smallest absolute Gasteiger partial charge is 0.210 e. The first-order valence-corrected chi connectivity index (χ1v) is 3.00. The maximum atomic E-state index is 11.7. The van der Waals surface area contributed by atoms with Crippen molar-refractivity contribution in [3.05, 3.63) is 0 Å². The van der Waals surface area contributed by atoms with E-state index < -0.39 is 6.43 Å². The molecule has 0 N–H and O–H groups in total. The molecule has 1 atom stereocenters. The van der Waals surface area contributed by atoms with Crippen molar-refractivity contribution in [3.8, 4) is 0 Å². The van der Waals surface area contributed by atoms with Gasteiger partial charge in [0.05, 0.1) is 0 Å². The third-order valence-electron chi connectivity index (χ3n) is 1.76. The van der Waals surface area contributed by atoms with E-state index in [1.165, 1.54) is 0 Å². The summed E-state index contributed by atoms with van der Waals surface area (Å²) in [6.45, 7) is 1.63. The second-order valence-corrected chi connectivity index (χ2v) is 2.53. The largest absolute Gasteiger partial charge is 0.241 e. The molecule has 0 amide bonds. The van der Waals surface area contributed by atoms with Crippen LogP contribution >= 0.6 is 0 Å². The van der Waals surface area contributed by atoms with Crippen LogP contribution in [0.1, 0.15) is 19.8 Å². The molecule has 0 aliphatic heterocycles. The Kier molecular flexibility index (Phi) is 1.49. The SMILES string of the molecule is C[C@H](C(F)F)C1CC1. The number of halogens is 2. The minimum Gasteiger partial charge on any atom is -0.210 e. The first kappa shape index (κ1) is 5.99. The molecule has 2 heteroatoms. The van der Waals surface area contributed by atoms with Gasteiger partial charge in [-0.3, -0.25) is 0 Å². The Balaban J connectivity index is 2.22. The summed E-state index contributed by atoms with van der Waals surface area (Å²) in [6, 6.07) is 0. The molecule has 0 saturated heterocycles. The summed E-state index contributed by atoms with van der Waals surface area (Å²) in [5.74, 6) is -0.00926. The van der Waals surface area contributed by atoms with Crippen molar-refractivity contribution in [2.24, 2.45) is 11.8 Å². The Bertz CT molecular complexity index is 74.6. The van der Waals surface area contributed by atoms with Crippen LogP contribution in [0.5, 0.6) is 0 Å². The number of hydrogen-bond donors (Lipinski definition) is 0. The van der Waals surface area contributed by atoms with Crippen molar-refractivity contribution in [2.45, 2.75) is 26.2 Å². The summed E-state index contributed by atoms with van der Waals surface area (Å²) in [7, 11) is 0. The predicted octanol–water partition coefficient (Wildman–Crippen LogP) is 2.30. The van der Waals surface area contributed by atoms with Crippen molar-refractivity contribution < 1.29 is 8.78 Å². The van der Waals surface area contributed by atoms with Crippen molar-refractivity contribution in [2.75, 3.05) is 0 Å². The van der Waals surface area contributed by atoms with Gasteiger partial charge < -0.3 is 0 Å². The molecule has 0 unspecified atom stereocenters. The minimum absolute atomic E-state index is 0.343. The molecule has 1 fully saturated rings. The van der Waals surface area contributed by atoms with Gasteiger partial charge in [-0.15, -0.1) is 0 Å². The lowest BCUT2D eigenvalue weighted by Crippen LogP contribution is -2.07. The van der Waals surface area contributed by atoms with Crippen molar-refractivity contribution in [1.29, 1.82) is 0 Å². The van der Waals surface area contributed by atoms with Crippen LogP contribution < -0.4 is 0 Å². The van der Waals surface area contributed by atoms with Gasteiger partial charge in [-0.05, 0) is 18.8 Å². The molecule has 0 aromatic carbocycles. The molecule has 0 radical (unpaired) electrons. The van der Waals surface area contributed by atoms with E-state index in [0.717, 1.165) is 12.8 Å². The van der Waals surface area contributed by atoms with Crippen LogP contribution in [0.25, 0.3) is 0 Å². The van der Waals surface area contributed by atoms with Crippen LogP contribution in [-0.2, 0) is 0 Å². The molecule has 48 valence electrons. The van der Waals surface area contributed by atoms with Crippen LogP contribution in [0.3, 0.4) is 0 Å². The maximum Gasteiger partial charge on any atom is 0.241 e. The molecule has 0 bridgehead atoms. The zero-order valence-corrected chi connectivity index (χ0v) is 4.90. The summed E-state index contributed by atoms with van der Waals surface area (Å²) in [5.41, 5.74) is 0. The van der Waals surface area contributed by atoms with E-state index in [9.17, 15) is 8.78 Å². The highest BCUT2D eigenvalue weighted by molar-refractivity contribution is 4.79. The quantitative estimate of drug-likeness (QED) is 0.524. The van der Waals surface area contributed by atoms with Gasteiger partial charge in [0.25, 0.3) is 0 Å². The first-order chi connectivity index (χ1) is 3.72. The Morgan fingerprint density at radius 1 is 1.38 bits per heavy atom. The van der Waals surface area contributed by atoms with Gasteiger partial charge in [-0.25, -0.2) is 8.78 Å². The lowest BCUT2D eigenvalue weighted by Gasteiger charge is -2.05. The summed E-state index contributed by atoms with van der Waals surface area (Å²) in [4.78, 5) is 0. The highest BCUT2D eigenvalue weighted by atomic mass is 19.3. The Morgan fingerprint density at radius 2 is 1.88 bits per heavy atom. The number of rotatable bonds is 2. The van der Waals surface area contributed by atoms with E-state index in [0.29, 0.717) is 5.92 Å². The van der Waals surface area contributed by atoms with Gasteiger partial charge in [0, 0.05) is 5.92 Å². The van der Waals surface area contributed by atoms with Gasteiger partial charge in [0.15, 0.2) is 0 Å². The average Bonchev–Trinajstić information content (AvgIpc) is 2.43. The molecule has 1 aliphatic carbocycles. The monoisotopic (exact) mass is 120 g/mol.